The van der Waals surface area contributed by atoms with E-state index in [1.165, 1.54) is 25.3 Å². The number of imidazole rings is 1. The van der Waals surface area contributed by atoms with E-state index in [-0.39, 0.29) is 5.82 Å². The van der Waals surface area contributed by atoms with Crippen LogP contribution in [0.5, 0.6) is 0 Å². The van der Waals surface area contributed by atoms with Crippen LogP contribution in [0.3, 0.4) is 0 Å². The van der Waals surface area contributed by atoms with Crippen LogP contribution in [-0.4, -0.2) is 25.6 Å². The summed E-state index contributed by atoms with van der Waals surface area (Å²) in [6.45, 7) is 5.01. The van der Waals surface area contributed by atoms with Crippen molar-refractivity contribution in [1.29, 1.82) is 0 Å². The Kier molecular flexibility index (Phi) is 5.41. The van der Waals surface area contributed by atoms with Gasteiger partial charge in [-0.2, -0.15) is 4.98 Å². The van der Waals surface area contributed by atoms with E-state index in [0.29, 0.717) is 35.1 Å². The molecule has 1 aliphatic rings. The van der Waals surface area contributed by atoms with E-state index in [2.05, 4.69) is 34.4 Å². The molecule has 2 heterocycles. The molecule has 0 radical (unpaired) electrons. The summed E-state index contributed by atoms with van der Waals surface area (Å²) in [5, 5.41) is 6.60. The first kappa shape index (κ1) is 18.7. The number of halogens is 1. The van der Waals surface area contributed by atoms with Crippen molar-refractivity contribution in [2.45, 2.75) is 58.5 Å². The van der Waals surface area contributed by atoms with E-state index in [4.69, 9.17) is 4.98 Å². The number of aromatic nitrogens is 4. The van der Waals surface area contributed by atoms with E-state index in [1.807, 2.05) is 4.57 Å². The number of benzene rings is 1. The van der Waals surface area contributed by atoms with Gasteiger partial charge in [0, 0.05) is 12.6 Å². The molecule has 148 valence electrons. The molecule has 1 aliphatic carbocycles. The molecule has 0 unspecified atom stereocenters. The van der Waals surface area contributed by atoms with Gasteiger partial charge >= 0.3 is 0 Å². The zero-order valence-corrected chi connectivity index (χ0v) is 16.5. The van der Waals surface area contributed by atoms with Crippen LogP contribution in [-0.2, 0) is 6.54 Å². The molecule has 4 rings (SSSR count). The molecule has 0 bridgehead atoms. The van der Waals surface area contributed by atoms with Crippen molar-refractivity contribution in [3.8, 4) is 0 Å². The topological polar surface area (TPSA) is 67.7 Å². The van der Waals surface area contributed by atoms with Gasteiger partial charge in [0.25, 0.3) is 0 Å². The Morgan fingerprint density at radius 2 is 1.93 bits per heavy atom. The van der Waals surface area contributed by atoms with E-state index < -0.39 is 0 Å². The van der Waals surface area contributed by atoms with Gasteiger partial charge in [-0.15, -0.1) is 0 Å². The normalized spacial score (nSPS) is 15.3. The second kappa shape index (κ2) is 8.12. The van der Waals surface area contributed by atoms with Crippen molar-refractivity contribution in [1.82, 2.24) is 19.5 Å². The van der Waals surface area contributed by atoms with Crippen molar-refractivity contribution in [2.75, 3.05) is 10.6 Å². The maximum atomic E-state index is 14.1. The number of anilines is 3. The Bertz CT molecular complexity index is 945. The zero-order chi connectivity index (χ0) is 19.5. The Balaban J connectivity index is 1.67. The minimum Gasteiger partial charge on any atom is -0.351 e. The van der Waals surface area contributed by atoms with Gasteiger partial charge in [-0.05, 0) is 30.9 Å². The summed E-state index contributed by atoms with van der Waals surface area (Å²) in [5.41, 5.74) is 1.87. The highest BCUT2D eigenvalue weighted by molar-refractivity contribution is 5.76. The molecule has 0 atom stereocenters. The molecule has 1 fully saturated rings. The van der Waals surface area contributed by atoms with Crippen LogP contribution < -0.4 is 10.6 Å². The average molecular weight is 382 g/mol. The average Bonchev–Trinajstić information content (AvgIpc) is 3.01. The predicted octanol–water partition coefficient (Wildman–Crippen LogP) is 5.11. The minimum atomic E-state index is -0.309. The minimum absolute atomic E-state index is 0.309. The number of nitrogens with zero attached hydrogens (tertiary/aromatic N) is 4. The summed E-state index contributed by atoms with van der Waals surface area (Å²) >= 11 is 0. The molecule has 1 saturated carbocycles. The Labute approximate surface area is 164 Å². The lowest BCUT2D eigenvalue weighted by molar-refractivity contribution is 0.461. The molecule has 1 aromatic carbocycles. The van der Waals surface area contributed by atoms with Crippen LogP contribution >= 0.6 is 0 Å². The van der Waals surface area contributed by atoms with Crippen molar-refractivity contribution < 1.29 is 4.39 Å². The number of rotatable bonds is 6. The SMILES string of the molecule is CC(C)Cn1c(Nc2ccccc2F)nc2cnc(NC3CCCCC3)nc21. The van der Waals surface area contributed by atoms with E-state index >= 15 is 0 Å². The molecule has 2 aromatic heterocycles. The van der Waals surface area contributed by atoms with Crippen LogP contribution in [0.25, 0.3) is 11.2 Å². The molecule has 0 aliphatic heterocycles. The number of hydrogen-bond donors (Lipinski definition) is 2. The second-order valence-electron chi connectivity index (χ2n) is 7.93. The van der Waals surface area contributed by atoms with Gasteiger partial charge in [0.15, 0.2) is 5.65 Å². The first-order chi connectivity index (χ1) is 13.6. The molecule has 28 heavy (non-hydrogen) atoms. The third-order valence-corrected chi connectivity index (χ3v) is 5.09. The van der Waals surface area contributed by atoms with Crippen molar-refractivity contribution in [3.05, 3.63) is 36.3 Å². The number of fused-ring (bicyclic) bond motifs is 1. The van der Waals surface area contributed by atoms with Crippen molar-refractivity contribution in [2.24, 2.45) is 5.92 Å². The lowest BCUT2D eigenvalue weighted by Crippen LogP contribution is -2.23. The summed E-state index contributed by atoms with van der Waals surface area (Å²) in [6.07, 6.45) is 7.88. The zero-order valence-electron chi connectivity index (χ0n) is 16.5. The lowest BCUT2D eigenvalue weighted by atomic mass is 9.96. The third-order valence-electron chi connectivity index (χ3n) is 5.09. The maximum absolute atomic E-state index is 14.1. The molecule has 2 N–H and O–H groups in total. The standard InChI is InChI=1S/C21H27FN6/c1-14(2)13-28-19-18(26-21(28)25-17-11-7-6-10-16(17)22)12-23-20(27-19)24-15-8-4-3-5-9-15/h6-7,10-12,14-15H,3-5,8-9,13H2,1-2H3,(H,25,26)(H,23,24,27). The molecular formula is C21H27FN6. The number of hydrogen-bond acceptors (Lipinski definition) is 5. The van der Waals surface area contributed by atoms with Gasteiger partial charge in [-0.1, -0.05) is 45.2 Å². The molecule has 0 saturated heterocycles. The van der Waals surface area contributed by atoms with Gasteiger partial charge in [-0.25, -0.2) is 14.4 Å². The first-order valence-corrected chi connectivity index (χ1v) is 10.1. The lowest BCUT2D eigenvalue weighted by Gasteiger charge is -2.22. The summed E-state index contributed by atoms with van der Waals surface area (Å²) in [4.78, 5) is 13.8. The summed E-state index contributed by atoms with van der Waals surface area (Å²) < 4.78 is 16.1. The van der Waals surface area contributed by atoms with Crippen LogP contribution in [0, 0.1) is 11.7 Å². The Hall–Kier alpha value is -2.70. The maximum Gasteiger partial charge on any atom is 0.224 e. The third kappa shape index (κ3) is 4.08. The van der Waals surface area contributed by atoms with Crippen LogP contribution in [0.15, 0.2) is 30.5 Å². The number of para-hydroxylation sites is 1. The Morgan fingerprint density at radius 3 is 2.68 bits per heavy atom. The highest BCUT2D eigenvalue weighted by Gasteiger charge is 2.18. The van der Waals surface area contributed by atoms with Crippen molar-refractivity contribution in [3.63, 3.8) is 0 Å². The fourth-order valence-corrected chi connectivity index (χ4v) is 3.73. The summed E-state index contributed by atoms with van der Waals surface area (Å²) in [7, 11) is 0. The van der Waals surface area contributed by atoms with Crippen LogP contribution in [0.4, 0.5) is 22.0 Å². The van der Waals surface area contributed by atoms with Gasteiger partial charge < -0.3 is 10.6 Å². The van der Waals surface area contributed by atoms with E-state index in [9.17, 15) is 4.39 Å². The van der Waals surface area contributed by atoms with Crippen LogP contribution in [0.1, 0.15) is 46.0 Å². The first-order valence-electron chi connectivity index (χ1n) is 10.1. The smallest absolute Gasteiger partial charge is 0.224 e. The van der Waals surface area contributed by atoms with Gasteiger partial charge in [-0.3, -0.25) is 4.57 Å². The summed E-state index contributed by atoms with van der Waals surface area (Å²) in [6, 6.07) is 7.04. The second-order valence-corrected chi connectivity index (χ2v) is 7.93. The quantitative estimate of drug-likeness (QED) is 0.620. The molecule has 0 amide bonds. The van der Waals surface area contributed by atoms with Crippen LogP contribution in [0.2, 0.25) is 0 Å². The fourth-order valence-electron chi connectivity index (χ4n) is 3.73. The molecule has 7 heteroatoms. The summed E-state index contributed by atoms with van der Waals surface area (Å²) in [5.74, 6) is 1.30. The Morgan fingerprint density at radius 1 is 1.14 bits per heavy atom. The van der Waals surface area contributed by atoms with Gasteiger partial charge in [0.1, 0.15) is 11.3 Å². The fraction of sp³-hybridized carbons (Fsp3) is 0.476. The monoisotopic (exact) mass is 382 g/mol. The predicted molar refractivity (Wildman–Crippen MR) is 110 cm³/mol. The van der Waals surface area contributed by atoms with E-state index in [1.54, 1.807) is 24.4 Å². The van der Waals surface area contributed by atoms with Crippen molar-refractivity contribution >= 4 is 28.7 Å². The van der Waals surface area contributed by atoms with E-state index in [0.717, 1.165) is 25.0 Å². The van der Waals surface area contributed by atoms with Gasteiger partial charge in [0.2, 0.25) is 11.9 Å². The molecule has 3 aromatic rings. The van der Waals surface area contributed by atoms with Gasteiger partial charge in [0.05, 0.1) is 11.9 Å². The molecule has 6 nitrogen and oxygen atoms in total. The molecular weight excluding hydrogens is 355 g/mol. The largest absolute Gasteiger partial charge is 0.351 e. The highest BCUT2D eigenvalue weighted by Crippen LogP contribution is 2.26. The molecule has 0 spiro atoms. The highest BCUT2D eigenvalue weighted by atomic mass is 19.1. The number of nitrogens with one attached hydrogen (secondary N) is 2.